The highest BCUT2D eigenvalue weighted by Crippen LogP contribution is 2.27. The molecule has 0 saturated carbocycles. The molecule has 3 rings (SSSR count). The molecule has 0 radical (unpaired) electrons. The van der Waals surface area contributed by atoms with Crippen LogP contribution in [-0.2, 0) is 4.74 Å². The molecular weight excluding hydrogens is 352 g/mol. The van der Waals surface area contributed by atoms with Gasteiger partial charge in [0.1, 0.15) is 5.82 Å². The van der Waals surface area contributed by atoms with Crippen molar-refractivity contribution in [2.45, 2.75) is 26.7 Å². The summed E-state index contributed by atoms with van der Waals surface area (Å²) in [5.41, 5.74) is 2.48. The molecule has 150 valence electrons. The molecule has 1 aliphatic heterocycles. The van der Waals surface area contributed by atoms with Gasteiger partial charge in [-0.15, -0.1) is 0 Å². The number of nitrogens with one attached hydrogen (secondary N) is 1. The number of hydrogen-bond acceptors (Lipinski definition) is 5. The Morgan fingerprint density at radius 2 is 1.86 bits per heavy atom. The molecule has 1 aliphatic rings. The fourth-order valence-corrected chi connectivity index (χ4v) is 3.47. The zero-order valence-electron chi connectivity index (χ0n) is 16.9. The third kappa shape index (κ3) is 5.01. The van der Waals surface area contributed by atoms with Gasteiger partial charge in [-0.05, 0) is 37.1 Å². The van der Waals surface area contributed by atoms with E-state index >= 15 is 0 Å². The number of nitrogens with zero attached hydrogens (tertiary/aromatic N) is 3. The van der Waals surface area contributed by atoms with Crippen molar-refractivity contribution in [3.8, 4) is 0 Å². The summed E-state index contributed by atoms with van der Waals surface area (Å²) >= 11 is 0. The monoisotopic (exact) mass is 382 g/mol. The Morgan fingerprint density at radius 1 is 1.14 bits per heavy atom. The second kappa shape index (κ2) is 10.1. The summed E-state index contributed by atoms with van der Waals surface area (Å²) in [6.45, 7) is 9.26. The third-order valence-corrected chi connectivity index (χ3v) is 4.82. The zero-order chi connectivity index (χ0) is 19.8. The van der Waals surface area contributed by atoms with Crippen LogP contribution < -0.4 is 15.1 Å². The molecule has 0 atom stereocenters. The van der Waals surface area contributed by atoms with E-state index in [4.69, 9.17) is 4.74 Å². The number of rotatable bonds is 8. The minimum absolute atomic E-state index is 0.114. The summed E-state index contributed by atoms with van der Waals surface area (Å²) in [7, 11) is 0. The lowest BCUT2D eigenvalue weighted by Gasteiger charge is -2.30. The van der Waals surface area contributed by atoms with Gasteiger partial charge < -0.3 is 19.9 Å². The Morgan fingerprint density at radius 3 is 2.57 bits per heavy atom. The van der Waals surface area contributed by atoms with E-state index in [1.54, 1.807) is 12.3 Å². The van der Waals surface area contributed by atoms with Crippen molar-refractivity contribution in [1.82, 2.24) is 4.98 Å². The molecule has 1 N–H and O–H groups in total. The van der Waals surface area contributed by atoms with Crippen molar-refractivity contribution in [1.29, 1.82) is 0 Å². The number of para-hydroxylation sites is 2. The highest BCUT2D eigenvalue weighted by molar-refractivity contribution is 6.06. The van der Waals surface area contributed by atoms with Crippen molar-refractivity contribution < 1.29 is 9.53 Å². The molecule has 2 aromatic rings. The molecular formula is C22H30N4O2. The van der Waals surface area contributed by atoms with E-state index in [0.717, 1.165) is 56.2 Å². The number of hydrogen-bond donors (Lipinski definition) is 1. The average Bonchev–Trinajstić information content (AvgIpc) is 2.75. The van der Waals surface area contributed by atoms with Gasteiger partial charge in [-0.3, -0.25) is 4.79 Å². The molecule has 1 fully saturated rings. The van der Waals surface area contributed by atoms with E-state index in [1.165, 1.54) is 0 Å². The lowest BCUT2D eigenvalue weighted by molar-refractivity contribution is 0.102. The van der Waals surface area contributed by atoms with E-state index in [1.807, 2.05) is 30.3 Å². The van der Waals surface area contributed by atoms with Crippen LogP contribution in [0.1, 0.15) is 37.0 Å². The van der Waals surface area contributed by atoms with E-state index in [9.17, 15) is 4.79 Å². The van der Waals surface area contributed by atoms with Gasteiger partial charge in [-0.2, -0.15) is 0 Å². The van der Waals surface area contributed by atoms with Gasteiger partial charge in [-0.25, -0.2) is 4.98 Å². The molecule has 1 amide bonds. The molecule has 6 nitrogen and oxygen atoms in total. The number of benzene rings is 1. The van der Waals surface area contributed by atoms with Gasteiger partial charge in [0.25, 0.3) is 5.91 Å². The van der Waals surface area contributed by atoms with E-state index in [2.05, 4.69) is 33.9 Å². The number of aromatic nitrogens is 1. The number of carbonyl (C=O) groups excluding carboxylic acids is 1. The van der Waals surface area contributed by atoms with Gasteiger partial charge in [-0.1, -0.05) is 26.0 Å². The van der Waals surface area contributed by atoms with Crippen LogP contribution >= 0.6 is 0 Å². The maximum atomic E-state index is 12.9. The Kier molecular flexibility index (Phi) is 7.25. The Balaban J connectivity index is 1.77. The normalized spacial score (nSPS) is 14.0. The van der Waals surface area contributed by atoms with E-state index in [-0.39, 0.29) is 5.91 Å². The molecule has 28 heavy (non-hydrogen) atoms. The number of pyridine rings is 1. The van der Waals surface area contributed by atoms with Crippen LogP contribution in [0.5, 0.6) is 0 Å². The van der Waals surface area contributed by atoms with Crippen LogP contribution in [0.25, 0.3) is 0 Å². The first-order valence-electron chi connectivity index (χ1n) is 10.2. The topological polar surface area (TPSA) is 57.7 Å². The summed E-state index contributed by atoms with van der Waals surface area (Å²) < 4.78 is 5.45. The van der Waals surface area contributed by atoms with Crippen molar-refractivity contribution in [2.24, 2.45) is 0 Å². The predicted octanol–water partition coefficient (Wildman–Crippen LogP) is 3.80. The third-order valence-electron chi connectivity index (χ3n) is 4.82. The fraction of sp³-hybridized carbons (Fsp3) is 0.455. The van der Waals surface area contributed by atoms with Crippen LogP contribution in [0.4, 0.5) is 17.2 Å². The first-order valence-corrected chi connectivity index (χ1v) is 10.2. The summed E-state index contributed by atoms with van der Waals surface area (Å²) in [6.07, 6.45) is 3.81. The first kappa shape index (κ1) is 20.1. The average molecular weight is 383 g/mol. The Hall–Kier alpha value is -2.60. The predicted molar refractivity (Wildman–Crippen MR) is 114 cm³/mol. The first-order chi connectivity index (χ1) is 13.7. The van der Waals surface area contributed by atoms with Gasteiger partial charge >= 0.3 is 0 Å². The SMILES string of the molecule is CCCN(CCC)c1cc(C(=O)Nc2ccccc2N2CCOCC2)ccn1. The summed E-state index contributed by atoms with van der Waals surface area (Å²) in [5.74, 6) is 0.745. The molecule has 1 aromatic carbocycles. The number of carbonyl (C=O) groups is 1. The van der Waals surface area contributed by atoms with Gasteiger partial charge in [0.05, 0.1) is 24.6 Å². The Labute approximate surface area is 167 Å². The number of amides is 1. The highest BCUT2D eigenvalue weighted by Gasteiger charge is 2.17. The second-order valence-electron chi connectivity index (χ2n) is 6.96. The van der Waals surface area contributed by atoms with Crippen LogP contribution in [0.2, 0.25) is 0 Å². The summed E-state index contributed by atoms with van der Waals surface area (Å²) in [5, 5.41) is 3.09. The van der Waals surface area contributed by atoms with Crippen LogP contribution in [0, 0.1) is 0 Å². The number of morpholine rings is 1. The molecule has 1 aromatic heterocycles. The molecule has 0 spiro atoms. The molecule has 0 bridgehead atoms. The maximum absolute atomic E-state index is 12.9. The molecule has 0 aliphatic carbocycles. The second-order valence-corrected chi connectivity index (χ2v) is 6.96. The number of anilines is 3. The zero-order valence-corrected chi connectivity index (χ0v) is 16.9. The van der Waals surface area contributed by atoms with Crippen LogP contribution in [0.3, 0.4) is 0 Å². The summed E-state index contributed by atoms with van der Waals surface area (Å²) in [4.78, 5) is 21.9. The van der Waals surface area contributed by atoms with E-state index in [0.29, 0.717) is 18.8 Å². The minimum Gasteiger partial charge on any atom is -0.378 e. The summed E-state index contributed by atoms with van der Waals surface area (Å²) in [6, 6.07) is 11.6. The smallest absolute Gasteiger partial charge is 0.255 e. The van der Waals surface area contributed by atoms with Crippen LogP contribution in [0.15, 0.2) is 42.6 Å². The van der Waals surface area contributed by atoms with E-state index < -0.39 is 0 Å². The largest absolute Gasteiger partial charge is 0.378 e. The quantitative estimate of drug-likeness (QED) is 0.753. The standard InChI is InChI=1S/C22H30N4O2/c1-3-11-26(12-4-2)21-17-18(9-10-23-21)22(27)24-19-7-5-6-8-20(19)25-13-15-28-16-14-25/h5-10,17H,3-4,11-16H2,1-2H3,(H,24,27). The maximum Gasteiger partial charge on any atom is 0.255 e. The Bertz CT molecular complexity index is 769. The van der Waals surface area contributed by atoms with Crippen molar-refractivity contribution >= 4 is 23.1 Å². The molecule has 2 heterocycles. The van der Waals surface area contributed by atoms with Gasteiger partial charge in [0.2, 0.25) is 0 Å². The van der Waals surface area contributed by atoms with Gasteiger partial charge in [0, 0.05) is 37.9 Å². The minimum atomic E-state index is -0.114. The lowest BCUT2D eigenvalue weighted by atomic mass is 10.2. The fourth-order valence-electron chi connectivity index (χ4n) is 3.47. The van der Waals surface area contributed by atoms with Crippen molar-refractivity contribution in [2.75, 3.05) is 54.5 Å². The van der Waals surface area contributed by atoms with Crippen molar-refractivity contribution in [3.63, 3.8) is 0 Å². The molecule has 6 heteroatoms. The highest BCUT2D eigenvalue weighted by atomic mass is 16.5. The van der Waals surface area contributed by atoms with Gasteiger partial charge in [0.15, 0.2) is 0 Å². The molecule has 1 saturated heterocycles. The molecule has 0 unspecified atom stereocenters. The lowest BCUT2D eigenvalue weighted by Crippen LogP contribution is -2.36. The van der Waals surface area contributed by atoms with Crippen LogP contribution in [-0.4, -0.2) is 50.3 Å². The van der Waals surface area contributed by atoms with Crippen molar-refractivity contribution in [3.05, 3.63) is 48.2 Å². The number of ether oxygens (including phenoxy) is 1.